The molecule has 0 spiro atoms. The van der Waals surface area contributed by atoms with Crippen LogP contribution in [-0.4, -0.2) is 19.3 Å². The fourth-order valence-corrected chi connectivity index (χ4v) is 3.73. The van der Waals surface area contributed by atoms with Crippen molar-refractivity contribution in [1.82, 2.24) is 4.31 Å². The van der Waals surface area contributed by atoms with Crippen molar-refractivity contribution < 1.29 is 8.42 Å². The van der Waals surface area contributed by atoms with E-state index in [0.717, 1.165) is 11.1 Å². The summed E-state index contributed by atoms with van der Waals surface area (Å²) < 4.78 is 26.9. The standard InChI is InChI=1S/C16H20N2O2S/c1-3-18(12-14-7-5-8-15(17)11-14)21(19,20)16-9-4-6-13(2)10-16/h4-11H,3,12,17H2,1-2H3. The summed E-state index contributed by atoms with van der Waals surface area (Å²) in [6, 6.07) is 14.3. The summed E-state index contributed by atoms with van der Waals surface area (Å²) in [6.07, 6.45) is 0. The molecule has 0 aliphatic rings. The number of rotatable bonds is 5. The molecule has 0 radical (unpaired) electrons. The summed E-state index contributed by atoms with van der Waals surface area (Å²) in [5.74, 6) is 0. The molecule has 2 rings (SSSR count). The van der Waals surface area contributed by atoms with Gasteiger partial charge in [0.25, 0.3) is 0 Å². The summed E-state index contributed by atoms with van der Waals surface area (Å²) in [7, 11) is -3.49. The zero-order valence-electron chi connectivity index (χ0n) is 12.3. The Balaban J connectivity index is 2.32. The molecule has 0 fully saturated rings. The Kier molecular flexibility index (Phi) is 4.65. The lowest BCUT2D eigenvalue weighted by molar-refractivity contribution is 0.423. The second-order valence-corrected chi connectivity index (χ2v) is 6.93. The van der Waals surface area contributed by atoms with Crippen LogP contribution in [0.3, 0.4) is 0 Å². The third-order valence-electron chi connectivity index (χ3n) is 3.29. The normalized spacial score (nSPS) is 11.8. The molecule has 5 heteroatoms. The average Bonchev–Trinajstić information content (AvgIpc) is 2.44. The van der Waals surface area contributed by atoms with Crippen molar-refractivity contribution in [3.63, 3.8) is 0 Å². The second kappa shape index (κ2) is 6.28. The van der Waals surface area contributed by atoms with Gasteiger partial charge in [0.05, 0.1) is 4.90 Å². The van der Waals surface area contributed by atoms with Crippen LogP contribution in [0.5, 0.6) is 0 Å². The molecular weight excluding hydrogens is 284 g/mol. The largest absolute Gasteiger partial charge is 0.399 e. The first-order valence-electron chi connectivity index (χ1n) is 6.84. The number of nitrogens with zero attached hydrogens (tertiary/aromatic N) is 1. The molecule has 0 aromatic heterocycles. The number of benzene rings is 2. The quantitative estimate of drug-likeness (QED) is 0.864. The van der Waals surface area contributed by atoms with Gasteiger partial charge in [-0.2, -0.15) is 4.31 Å². The van der Waals surface area contributed by atoms with Crippen LogP contribution >= 0.6 is 0 Å². The maximum Gasteiger partial charge on any atom is 0.243 e. The minimum absolute atomic E-state index is 0.317. The van der Waals surface area contributed by atoms with Crippen molar-refractivity contribution in [2.24, 2.45) is 0 Å². The van der Waals surface area contributed by atoms with E-state index in [9.17, 15) is 8.42 Å². The summed E-state index contributed by atoms with van der Waals surface area (Å²) in [5, 5.41) is 0. The highest BCUT2D eigenvalue weighted by atomic mass is 32.2. The number of hydrogen-bond acceptors (Lipinski definition) is 3. The zero-order valence-corrected chi connectivity index (χ0v) is 13.1. The van der Waals surface area contributed by atoms with Crippen molar-refractivity contribution in [2.45, 2.75) is 25.3 Å². The molecule has 0 saturated carbocycles. The number of nitrogen functional groups attached to an aromatic ring is 1. The van der Waals surface area contributed by atoms with Crippen LogP contribution in [0, 0.1) is 6.92 Å². The van der Waals surface area contributed by atoms with Gasteiger partial charge in [-0.05, 0) is 42.3 Å². The molecule has 0 aliphatic heterocycles. The Bertz CT molecular complexity index is 727. The van der Waals surface area contributed by atoms with Gasteiger partial charge in [0, 0.05) is 18.8 Å². The van der Waals surface area contributed by atoms with Gasteiger partial charge in [0.2, 0.25) is 10.0 Å². The van der Waals surface area contributed by atoms with Crippen LogP contribution in [0.25, 0.3) is 0 Å². The molecule has 4 nitrogen and oxygen atoms in total. The molecule has 0 unspecified atom stereocenters. The average molecular weight is 304 g/mol. The molecule has 21 heavy (non-hydrogen) atoms. The lowest BCUT2D eigenvalue weighted by Gasteiger charge is -2.21. The van der Waals surface area contributed by atoms with Gasteiger partial charge in [-0.3, -0.25) is 0 Å². The lowest BCUT2D eigenvalue weighted by Crippen LogP contribution is -2.30. The molecule has 2 aromatic rings. The number of hydrogen-bond donors (Lipinski definition) is 1. The zero-order chi connectivity index (χ0) is 15.5. The SMILES string of the molecule is CCN(Cc1cccc(N)c1)S(=O)(=O)c1cccc(C)c1. The first-order chi connectivity index (χ1) is 9.93. The van der Waals surface area contributed by atoms with E-state index in [1.54, 1.807) is 30.3 Å². The van der Waals surface area contributed by atoms with Gasteiger partial charge in [-0.15, -0.1) is 0 Å². The Labute approximate surface area is 126 Å². The van der Waals surface area contributed by atoms with Crippen LogP contribution in [0.15, 0.2) is 53.4 Å². The molecule has 0 amide bonds. The summed E-state index contributed by atoms with van der Waals surface area (Å²) in [6.45, 7) is 4.44. The van der Waals surface area contributed by atoms with Crippen molar-refractivity contribution in [3.8, 4) is 0 Å². The molecule has 112 valence electrons. The van der Waals surface area contributed by atoms with Crippen molar-refractivity contribution in [1.29, 1.82) is 0 Å². The van der Waals surface area contributed by atoms with Gasteiger partial charge in [-0.1, -0.05) is 31.2 Å². The number of nitrogens with two attached hydrogens (primary N) is 1. The number of aryl methyl sites for hydroxylation is 1. The monoisotopic (exact) mass is 304 g/mol. The molecule has 2 aromatic carbocycles. The van der Waals surface area contributed by atoms with Gasteiger partial charge >= 0.3 is 0 Å². The third kappa shape index (κ3) is 3.62. The van der Waals surface area contributed by atoms with Crippen LogP contribution in [-0.2, 0) is 16.6 Å². The minimum atomic E-state index is -3.49. The van der Waals surface area contributed by atoms with Gasteiger partial charge in [0.15, 0.2) is 0 Å². The van der Waals surface area contributed by atoms with Crippen LogP contribution in [0.4, 0.5) is 5.69 Å². The van der Waals surface area contributed by atoms with E-state index in [0.29, 0.717) is 23.7 Å². The maximum absolute atomic E-state index is 12.7. The van der Waals surface area contributed by atoms with Crippen LogP contribution in [0.2, 0.25) is 0 Å². The predicted octanol–water partition coefficient (Wildman–Crippen LogP) is 2.79. The minimum Gasteiger partial charge on any atom is -0.399 e. The topological polar surface area (TPSA) is 63.4 Å². The Morgan fingerprint density at radius 3 is 2.43 bits per heavy atom. The van der Waals surface area contributed by atoms with Crippen molar-refractivity contribution in [3.05, 3.63) is 59.7 Å². The van der Waals surface area contributed by atoms with E-state index in [1.165, 1.54) is 4.31 Å². The fraction of sp³-hybridized carbons (Fsp3) is 0.250. The first kappa shape index (κ1) is 15.5. The highest BCUT2D eigenvalue weighted by Crippen LogP contribution is 2.19. The highest BCUT2D eigenvalue weighted by molar-refractivity contribution is 7.89. The number of anilines is 1. The van der Waals surface area contributed by atoms with Crippen molar-refractivity contribution in [2.75, 3.05) is 12.3 Å². The van der Waals surface area contributed by atoms with Gasteiger partial charge in [0.1, 0.15) is 0 Å². The maximum atomic E-state index is 12.7. The lowest BCUT2D eigenvalue weighted by atomic mass is 10.2. The van der Waals surface area contributed by atoms with Crippen LogP contribution < -0.4 is 5.73 Å². The molecular formula is C16H20N2O2S. The van der Waals surface area contributed by atoms with E-state index in [2.05, 4.69) is 0 Å². The first-order valence-corrected chi connectivity index (χ1v) is 8.28. The van der Waals surface area contributed by atoms with E-state index >= 15 is 0 Å². The second-order valence-electron chi connectivity index (χ2n) is 4.99. The fourth-order valence-electron chi connectivity index (χ4n) is 2.19. The van der Waals surface area contributed by atoms with Gasteiger partial charge < -0.3 is 5.73 Å². The molecule has 0 atom stereocenters. The predicted molar refractivity (Wildman–Crippen MR) is 85.3 cm³/mol. The van der Waals surface area contributed by atoms with E-state index in [-0.39, 0.29) is 0 Å². The number of sulfonamides is 1. The molecule has 0 bridgehead atoms. The third-order valence-corrected chi connectivity index (χ3v) is 5.21. The van der Waals surface area contributed by atoms with E-state index < -0.39 is 10.0 Å². The highest BCUT2D eigenvalue weighted by Gasteiger charge is 2.23. The Morgan fingerprint density at radius 1 is 1.10 bits per heavy atom. The summed E-state index contributed by atoms with van der Waals surface area (Å²) in [5.41, 5.74) is 8.19. The molecule has 0 heterocycles. The van der Waals surface area contributed by atoms with E-state index in [1.807, 2.05) is 32.0 Å². The molecule has 2 N–H and O–H groups in total. The smallest absolute Gasteiger partial charge is 0.243 e. The van der Waals surface area contributed by atoms with Crippen molar-refractivity contribution >= 4 is 15.7 Å². The Morgan fingerprint density at radius 2 is 1.81 bits per heavy atom. The van der Waals surface area contributed by atoms with Crippen LogP contribution in [0.1, 0.15) is 18.1 Å². The molecule has 0 saturated heterocycles. The summed E-state index contributed by atoms with van der Waals surface area (Å²) >= 11 is 0. The Hall–Kier alpha value is -1.85. The molecule has 0 aliphatic carbocycles. The van der Waals surface area contributed by atoms with Gasteiger partial charge in [-0.25, -0.2) is 8.42 Å². The summed E-state index contributed by atoms with van der Waals surface area (Å²) in [4.78, 5) is 0.327. The van der Waals surface area contributed by atoms with E-state index in [4.69, 9.17) is 5.73 Å².